The number of benzene rings is 2. The van der Waals surface area contributed by atoms with Crippen LogP contribution in [0.4, 0.5) is 0 Å². The molecule has 0 heterocycles. The fourth-order valence-corrected chi connectivity index (χ4v) is 7.43. The van der Waals surface area contributed by atoms with Gasteiger partial charge in [0.1, 0.15) is 0 Å². The Morgan fingerprint density at radius 2 is 1.12 bits per heavy atom. The first-order chi connectivity index (χ1) is 15.6. The third kappa shape index (κ3) is 4.68. The summed E-state index contributed by atoms with van der Waals surface area (Å²) in [5, 5.41) is 21.8. The van der Waals surface area contributed by atoms with Crippen molar-refractivity contribution in [1.29, 1.82) is 0 Å². The van der Waals surface area contributed by atoms with E-state index in [4.69, 9.17) is 0 Å². The van der Waals surface area contributed by atoms with Crippen LogP contribution in [0.1, 0.15) is 94.6 Å². The Hall–Kier alpha value is -1.64. The van der Waals surface area contributed by atoms with Gasteiger partial charge >= 0.3 is 0 Å². The zero-order valence-electron chi connectivity index (χ0n) is 20.0. The van der Waals surface area contributed by atoms with Gasteiger partial charge in [-0.2, -0.15) is 0 Å². The molecule has 2 aromatic rings. The third-order valence-electron chi connectivity index (χ3n) is 9.08. The van der Waals surface area contributed by atoms with E-state index >= 15 is 0 Å². The van der Waals surface area contributed by atoms with Gasteiger partial charge in [-0.25, -0.2) is 0 Å². The van der Waals surface area contributed by atoms with E-state index in [0.29, 0.717) is 17.3 Å². The van der Waals surface area contributed by atoms with Crippen molar-refractivity contribution < 1.29 is 10.2 Å². The Morgan fingerprint density at radius 3 is 1.50 bits per heavy atom. The smallest absolute Gasteiger partial charge is 0.0608 e. The molecule has 0 saturated heterocycles. The molecule has 2 nitrogen and oxygen atoms in total. The quantitative estimate of drug-likeness (QED) is 0.489. The number of rotatable bonds is 7. The fourth-order valence-electron chi connectivity index (χ4n) is 7.43. The highest BCUT2D eigenvalue weighted by Crippen LogP contribution is 2.57. The monoisotopic (exact) mass is 434 g/mol. The molecule has 0 radical (unpaired) electrons. The van der Waals surface area contributed by atoms with Crippen LogP contribution in [0.15, 0.2) is 60.7 Å². The standard InChI is InChI=1S/C30H42O2/c1-3-19-30(4-2,24-15-17-28(31)26(20-24)22-11-7-5-8-12-22)25-16-18-29(32)27(21-25)23-13-9-6-10-14-23/h5-14,24-29,31-32H,3-4,15-21H2,1-2H3. The Balaban J connectivity index is 1.61. The van der Waals surface area contributed by atoms with Crippen LogP contribution >= 0.6 is 0 Å². The van der Waals surface area contributed by atoms with Crippen molar-refractivity contribution in [1.82, 2.24) is 0 Å². The number of aliphatic hydroxyl groups excluding tert-OH is 2. The van der Waals surface area contributed by atoms with Crippen LogP contribution in [0.3, 0.4) is 0 Å². The van der Waals surface area contributed by atoms with E-state index in [1.807, 2.05) is 0 Å². The van der Waals surface area contributed by atoms with Gasteiger partial charge in [-0.1, -0.05) is 80.9 Å². The third-order valence-corrected chi connectivity index (χ3v) is 9.08. The Kier molecular flexibility index (Phi) is 7.74. The second kappa shape index (κ2) is 10.5. The van der Waals surface area contributed by atoms with Crippen molar-refractivity contribution in [3.8, 4) is 0 Å². The Morgan fingerprint density at radius 1 is 0.688 bits per heavy atom. The highest BCUT2D eigenvalue weighted by atomic mass is 16.3. The molecule has 6 atom stereocenters. The van der Waals surface area contributed by atoms with Gasteiger partial charge in [0.2, 0.25) is 0 Å². The van der Waals surface area contributed by atoms with Crippen LogP contribution in [0.2, 0.25) is 0 Å². The first kappa shape index (κ1) is 23.5. The van der Waals surface area contributed by atoms with Gasteiger partial charge in [-0.15, -0.1) is 0 Å². The molecule has 2 aliphatic rings. The lowest BCUT2D eigenvalue weighted by Crippen LogP contribution is -2.45. The van der Waals surface area contributed by atoms with Crippen molar-refractivity contribution in [3.63, 3.8) is 0 Å². The average Bonchev–Trinajstić information content (AvgIpc) is 2.84. The second-order valence-corrected chi connectivity index (χ2v) is 10.5. The number of aliphatic hydroxyl groups is 2. The minimum absolute atomic E-state index is 0.227. The van der Waals surface area contributed by atoms with Gasteiger partial charge in [0.05, 0.1) is 12.2 Å². The largest absolute Gasteiger partial charge is 0.392 e. The van der Waals surface area contributed by atoms with Gasteiger partial charge in [0.15, 0.2) is 0 Å². The van der Waals surface area contributed by atoms with Crippen molar-refractivity contribution >= 4 is 0 Å². The maximum absolute atomic E-state index is 10.9. The molecule has 2 N–H and O–H groups in total. The lowest BCUT2D eigenvalue weighted by atomic mass is 9.53. The molecular weight excluding hydrogens is 392 g/mol. The van der Waals surface area contributed by atoms with E-state index in [2.05, 4.69) is 74.5 Å². The summed E-state index contributed by atoms with van der Waals surface area (Å²) in [5.74, 6) is 1.77. The highest BCUT2D eigenvalue weighted by Gasteiger charge is 2.48. The molecule has 2 saturated carbocycles. The van der Waals surface area contributed by atoms with Crippen LogP contribution in [-0.4, -0.2) is 22.4 Å². The van der Waals surface area contributed by atoms with Crippen molar-refractivity contribution in [2.24, 2.45) is 17.3 Å². The van der Waals surface area contributed by atoms with Crippen molar-refractivity contribution in [3.05, 3.63) is 71.8 Å². The minimum Gasteiger partial charge on any atom is -0.392 e. The Bertz CT molecular complexity index is 754. The summed E-state index contributed by atoms with van der Waals surface area (Å²) in [6.45, 7) is 4.74. The minimum atomic E-state index is -0.227. The summed E-state index contributed by atoms with van der Waals surface area (Å²) in [4.78, 5) is 0. The van der Waals surface area contributed by atoms with Gasteiger partial charge in [0.25, 0.3) is 0 Å². The molecule has 6 unspecified atom stereocenters. The number of hydrogen-bond donors (Lipinski definition) is 2. The van der Waals surface area contributed by atoms with Gasteiger partial charge in [-0.05, 0) is 79.7 Å². The fraction of sp³-hybridized carbons (Fsp3) is 0.600. The van der Waals surface area contributed by atoms with E-state index in [1.165, 1.54) is 30.4 Å². The molecule has 0 spiro atoms. The molecule has 0 amide bonds. The number of hydrogen-bond acceptors (Lipinski definition) is 2. The van der Waals surface area contributed by atoms with Crippen LogP contribution in [0.5, 0.6) is 0 Å². The maximum Gasteiger partial charge on any atom is 0.0608 e. The molecule has 2 aromatic carbocycles. The molecule has 32 heavy (non-hydrogen) atoms. The normalized spacial score (nSPS) is 32.9. The Labute approximate surface area is 195 Å². The van der Waals surface area contributed by atoms with E-state index < -0.39 is 0 Å². The maximum atomic E-state index is 10.9. The van der Waals surface area contributed by atoms with E-state index in [-0.39, 0.29) is 24.0 Å². The first-order valence-electron chi connectivity index (χ1n) is 13.0. The summed E-state index contributed by atoms with van der Waals surface area (Å²) in [6.07, 6.45) is 9.48. The molecule has 4 rings (SSSR count). The van der Waals surface area contributed by atoms with Gasteiger partial charge in [-0.3, -0.25) is 0 Å². The molecule has 2 heteroatoms. The summed E-state index contributed by atoms with van der Waals surface area (Å²) in [7, 11) is 0. The van der Waals surface area contributed by atoms with E-state index in [0.717, 1.165) is 38.5 Å². The van der Waals surface area contributed by atoms with Crippen LogP contribution in [0.25, 0.3) is 0 Å². The molecule has 2 fully saturated rings. The van der Waals surface area contributed by atoms with Gasteiger partial charge in [0, 0.05) is 11.8 Å². The molecule has 0 aromatic heterocycles. The van der Waals surface area contributed by atoms with Crippen LogP contribution in [0, 0.1) is 17.3 Å². The second-order valence-electron chi connectivity index (χ2n) is 10.5. The molecule has 0 aliphatic heterocycles. The molecule has 2 aliphatic carbocycles. The van der Waals surface area contributed by atoms with Crippen LogP contribution in [-0.2, 0) is 0 Å². The molecular formula is C30H42O2. The predicted octanol–water partition coefficient (Wildman–Crippen LogP) is 7.07. The topological polar surface area (TPSA) is 40.5 Å². The predicted molar refractivity (Wildman–Crippen MR) is 133 cm³/mol. The lowest BCUT2D eigenvalue weighted by Gasteiger charge is -2.53. The zero-order valence-corrected chi connectivity index (χ0v) is 20.0. The zero-order chi connectivity index (χ0) is 22.6. The molecule has 174 valence electrons. The lowest BCUT2D eigenvalue weighted by molar-refractivity contribution is -0.0427. The summed E-state index contributed by atoms with van der Waals surface area (Å²) < 4.78 is 0. The van der Waals surface area contributed by atoms with E-state index in [9.17, 15) is 10.2 Å². The summed E-state index contributed by atoms with van der Waals surface area (Å²) in [5.41, 5.74) is 2.90. The van der Waals surface area contributed by atoms with Crippen molar-refractivity contribution in [2.45, 2.75) is 95.7 Å². The highest BCUT2D eigenvalue weighted by molar-refractivity contribution is 5.23. The van der Waals surface area contributed by atoms with E-state index in [1.54, 1.807) is 0 Å². The van der Waals surface area contributed by atoms with Crippen LogP contribution < -0.4 is 0 Å². The SMILES string of the molecule is CCCC(CC)(C1CCC(O)C(c2ccccc2)C1)C1CCC(O)C(c2ccccc2)C1. The summed E-state index contributed by atoms with van der Waals surface area (Å²) >= 11 is 0. The average molecular weight is 435 g/mol. The first-order valence-corrected chi connectivity index (χ1v) is 13.0. The van der Waals surface area contributed by atoms with Gasteiger partial charge < -0.3 is 10.2 Å². The molecule has 0 bridgehead atoms. The van der Waals surface area contributed by atoms with Crippen molar-refractivity contribution in [2.75, 3.05) is 0 Å². The summed E-state index contributed by atoms with van der Waals surface area (Å²) in [6, 6.07) is 21.4.